The van der Waals surface area contributed by atoms with Gasteiger partial charge in [0.15, 0.2) is 23.3 Å². The third kappa shape index (κ3) is 4.92. The van der Waals surface area contributed by atoms with Crippen LogP contribution in [0.1, 0.15) is 46.5 Å². The number of pyridine rings is 1. The molecule has 1 rings (SSSR count). The van der Waals surface area contributed by atoms with E-state index in [0.29, 0.717) is 6.54 Å². The zero-order valence-electron chi connectivity index (χ0n) is 12.4. The topological polar surface area (TPSA) is 63.0 Å². The lowest BCUT2D eigenvalue weighted by Crippen LogP contribution is -2.24. The summed E-state index contributed by atoms with van der Waals surface area (Å²) in [7, 11) is 0. The molecule has 4 N–H and O–H groups in total. The van der Waals surface area contributed by atoms with Crippen molar-refractivity contribution in [2.75, 3.05) is 17.3 Å². The smallest absolute Gasteiger partial charge is 0.178 e. The second-order valence-electron chi connectivity index (χ2n) is 5.77. The Morgan fingerprint density at radius 3 is 2.45 bits per heavy atom. The number of aromatic nitrogens is 1. The first-order chi connectivity index (χ1) is 9.39. The van der Waals surface area contributed by atoms with Crippen molar-refractivity contribution in [2.24, 2.45) is 11.3 Å². The number of nitrogens with one attached hydrogen (secondary N) is 2. The van der Waals surface area contributed by atoms with E-state index in [1.165, 1.54) is 12.8 Å². The molecule has 0 aliphatic rings. The first kappa shape index (κ1) is 16.6. The molecule has 6 heteroatoms. The summed E-state index contributed by atoms with van der Waals surface area (Å²) in [5, 5.41) is 2.93. The van der Waals surface area contributed by atoms with Crippen LogP contribution in [0.5, 0.6) is 0 Å². The summed E-state index contributed by atoms with van der Waals surface area (Å²) in [5.41, 5.74) is 2.13. The fourth-order valence-electron chi connectivity index (χ4n) is 1.96. The minimum absolute atomic E-state index is 0.0166. The minimum atomic E-state index is -0.808. The van der Waals surface area contributed by atoms with Crippen molar-refractivity contribution in [2.45, 2.75) is 46.5 Å². The molecule has 0 bridgehead atoms. The Morgan fingerprint density at radius 1 is 1.20 bits per heavy atom. The molecule has 0 saturated carbocycles. The van der Waals surface area contributed by atoms with Crippen molar-refractivity contribution in [3.8, 4) is 0 Å². The van der Waals surface area contributed by atoms with Crippen molar-refractivity contribution >= 4 is 11.6 Å². The van der Waals surface area contributed by atoms with E-state index in [2.05, 4.69) is 36.5 Å². The lowest BCUT2D eigenvalue weighted by molar-refractivity contribution is 0.341. The van der Waals surface area contributed by atoms with Crippen molar-refractivity contribution in [1.82, 2.24) is 4.98 Å². The molecule has 0 aliphatic heterocycles. The Hall–Kier alpha value is -1.43. The summed E-state index contributed by atoms with van der Waals surface area (Å²) in [6.07, 6.45) is 4.54. The molecule has 0 aliphatic carbocycles. The Morgan fingerprint density at radius 2 is 1.85 bits per heavy atom. The van der Waals surface area contributed by atoms with Crippen LogP contribution in [-0.4, -0.2) is 11.5 Å². The Bertz CT molecular complexity index is 435. The van der Waals surface area contributed by atoms with Crippen molar-refractivity contribution in [3.63, 3.8) is 0 Å². The second-order valence-corrected chi connectivity index (χ2v) is 5.77. The molecule has 1 heterocycles. The molecule has 0 radical (unpaired) electrons. The first-order valence-corrected chi connectivity index (χ1v) is 6.96. The quantitative estimate of drug-likeness (QED) is 0.388. The van der Waals surface area contributed by atoms with Gasteiger partial charge in [0, 0.05) is 12.6 Å². The van der Waals surface area contributed by atoms with Crippen molar-refractivity contribution in [3.05, 3.63) is 17.7 Å². The summed E-state index contributed by atoms with van der Waals surface area (Å²) in [6.45, 7) is 6.94. The highest BCUT2D eigenvalue weighted by Crippen LogP contribution is 2.25. The number of nitrogen functional groups attached to an aromatic ring is 1. The zero-order chi connectivity index (χ0) is 15.2. The molecule has 114 valence electrons. The molecule has 4 nitrogen and oxygen atoms in total. The molecular formula is C14H24F2N4. The maximum Gasteiger partial charge on any atom is 0.178 e. The average molecular weight is 286 g/mol. The molecule has 0 aromatic carbocycles. The summed E-state index contributed by atoms with van der Waals surface area (Å²) >= 11 is 0. The number of nitrogens with two attached hydrogens (primary N) is 1. The predicted octanol–water partition coefficient (Wildman–Crippen LogP) is 3.66. The van der Waals surface area contributed by atoms with Gasteiger partial charge < -0.3 is 10.7 Å². The van der Waals surface area contributed by atoms with Gasteiger partial charge in [-0.1, -0.05) is 40.0 Å². The van der Waals surface area contributed by atoms with Crippen LogP contribution in [0.4, 0.5) is 20.4 Å². The van der Waals surface area contributed by atoms with Crippen LogP contribution in [0.3, 0.4) is 0 Å². The average Bonchev–Trinajstić information content (AvgIpc) is 2.38. The molecule has 0 unspecified atom stereocenters. The van der Waals surface area contributed by atoms with E-state index < -0.39 is 11.6 Å². The molecular weight excluding hydrogens is 262 g/mol. The molecule has 1 aromatic heterocycles. The van der Waals surface area contributed by atoms with Gasteiger partial charge in [-0.15, -0.1) is 0 Å². The monoisotopic (exact) mass is 286 g/mol. The minimum Gasteiger partial charge on any atom is -0.367 e. The van der Waals surface area contributed by atoms with E-state index in [1.54, 1.807) is 0 Å². The molecule has 0 fully saturated rings. The summed E-state index contributed by atoms with van der Waals surface area (Å²) in [5.74, 6) is 3.45. The van der Waals surface area contributed by atoms with Gasteiger partial charge in [0.25, 0.3) is 0 Å². The summed E-state index contributed by atoms with van der Waals surface area (Å²) in [6, 6.07) is 0.772. The molecule has 0 saturated heterocycles. The van der Waals surface area contributed by atoms with Gasteiger partial charge >= 0.3 is 0 Å². The third-order valence-electron chi connectivity index (χ3n) is 3.26. The second kappa shape index (κ2) is 7.38. The van der Waals surface area contributed by atoms with Gasteiger partial charge in [0.2, 0.25) is 0 Å². The highest BCUT2D eigenvalue weighted by molar-refractivity contribution is 5.46. The number of halogens is 2. The van der Waals surface area contributed by atoms with Crippen LogP contribution < -0.4 is 16.6 Å². The van der Waals surface area contributed by atoms with Gasteiger partial charge in [0.05, 0.1) is 0 Å². The van der Waals surface area contributed by atoms with E-state index in [1.807, 2.05) is 0 Å². The number of hydrogen-bond acceptors (Lipinski definition) is 4. The Kier molecular flexibility index (Phi) is 6.13. The van der Waals surface area contributed by atoms with Gasteiger partial charge in [-0.25, -0.2) is 19.6 Å². The fraction of sp³-hybridized carbons (Fsp3) is 0.643. The summed E-state index contributed by atoms with van der Waals surface area (Å²) < 4.78 is 26.9. The predicted molar refractivity (Wildman–Crippen MR) is 78.4 cm³/mol. The van der Waals surface area contributed by atoms with Crippen molar-refractivity contribution in [1.29, 1.82) is 0 Å². The fourth-order valence-corrected chi connectivity index (χ4v) is 1.96. The maximum atomic E-state index is 13.6. The highest BCUT2D eigenvalue weighted by Gasteiger charge is 2.19. The van der Waals surface area contributed by atoms with E-state index >= 15 is 0 Å². The number of hydrogen-bond donors (Lipinski definition) is 3. The lowest BCUT2D eigenvalue weighted by Gasteiger charge is -2.25. The van der Waals surface area contributed by atoms with E-state index in [0.717, 1.165) is 18.9 Å². The van der Waals surface area contributed by atoms with Crippen LogP contribution in [0, 0.1) is 17.0 Å². The number of unbranched alkanes of at least 4 members (excludes halogenated alkanes) is 2. The van der Waals surface area contributed by atoms with Crippen LogP contribution in [0.25, 0.3) is 0 Å². The third-order valence-corrected chi connectivity index (χ3v) is 3.26. The van der Waals surface area contributed by atoms with Crippen LogP contribution >= 0.6 is 0 Å². The largest absolute Gasteiger partial charge is 0.367 e. The first-order valence-electron chi connectivity index (χ1n) is 6.96. The van der Waals surface area contributed by atoms with Gasteiger partial charge in [-0.05, 0) is 11.8 Å². The normalized spacial score (nSPS) is 11.5. The standard InChI is InChI=1S/C14H24F2N4/c1-4-5-6-7-14(2,3)9-18-12-10(15)8-11(16)13(19-12)20-17/h8H,4-7,9,17H2,1-3H3,(H2,18,19,20). The number of rotatable bonds is 8. The number of nitrogens with zero attached hydrogens (tertiary/aromatic N) is 1. The van der Waals surface area contributed by atoms with E-state index in [4.69, 9.17) is 5.84 Å². The molecule has 0 amide bonds. The van der Waals surface area contributed by atoms with Crippen LogP contribution in [0.15, 0.2) is 6.07 Å². The Balaban J connectivity index is 2.64. The van der Waals surface area contributed by atoms with E-state index in [-0.39, 0.29) is 17.1 Å². The van der Waals surface area contributed by atoms with E-state index in [9.17, 15) is 8.78 Å². The zero-order valence-corrected chi connectivity index (χ0v) is 12.4. The van der Waals surface area contributed by atoms with Gasteiger partial charge in [-0.3, -0.25) is 0 Å². The van der Waals surface area contributed by atoms with Gasteiger partial charge in [0.1, 0.15) is 0 Å². The molecule has 0 atom stereocenters. The van der Waals surface area contributed by atoms with Gasteiger partial charge in [-0.2, -0.15) is 0 Å². The number of hydrazine groups is 1. The lowest BCUT2D eigenvalue weighted by atomic mass is 9.87. The molecule has 1 aromatic rings. The highest BCUT2D eigenvalue weighted by atomic mass is 19.1. The number of anilines is 2. The van der Waals surface area contributed by atoms with Crippen LogP contribution in [-0.2, 0) is 0 Å². The Labute approximate surface area is 119 Å². The maximum absolute atomic E-state index is 13.6. The molecule has 20 heavy (non-hydrogen) atoms. The van der Waals surface area contributed by atoms with Crippen molar-refractivity contribution < 1.29 is 8.78 Å². The summed E-state index contributed by atoms with van der Waals surface area (Å²) in [4.78, 5) is 3.79. The van der Waals surface area contributed by atoms with Crippen LogP contribution in [0.2, 0.25) is 0 Å². The molecule has 0 spiro atoms. The SMILES string of the molecule is CCCCCC(C)(C)CNc1nc(NN)c(F)cc1F.